The van der Waals surface area contributed by atoms with Gasteiger partial charge in [0.05, 0.1) is 30.2 Å². The lowest BCUT2D eigenvalue weighted by Crippen LogP contribution is -2.38. The maximum absolute atomic E-state index is 13.7. The molecule has 1 saturated heterocycles. The van der Waals surface area contributed by atoms with Gasteiger partial charge in [-0.3, -0.25) is 14.5 Å². The molecule has 2 aromatic carbocycles. The first-order chi connectivity index (χ1) is 15.9. The van der Waals surface area contributed by atoms with Crippen LogP contribution in [0.4, 0.5) is 0 Å². The van der Waals surface area contributed by atoms with Gasteiger partial charge in [0.25, 0.3) is 5.91 Å². The largest absolute Gasteiger partial charge is 0.450 e. The van der Waals surface area contributed by atoms with Gasteiger partial charge < -0.3 is 14.1 Å². The Morgan fingerprint density at radius 1 is 1.00 bits per heavy atom. The van der Waals surface area contributed by atoms with Crippen molar-refractivity contribution in [3.63, 3.8) is 0 Å². The molecule has 0 unspecified atom stereocenters. The molecule has 0 saturated carbocycles. The number of benzene rings is 2. The average molecular weight is 467 g/mol. The lowest BCUT2D eigenvalue weighted by Gasteiger charge is -2.29. The van der Waals surface area contributed by atoms with Crippen LogP contribution in [0.15, 0.2) is 45.6 Å². The summed E-state index contributed by atoms with van der Waals surface area (Å²) in [6, 6.07) is 10.6. The van der Waals surface area contributed by atoms with E-state index in [-0.39, 0.29) is 17.1 Å². The molecule has 2 aliphatic heterocycles. The Morgan fingerprint density at radius 3 is 2.42 bits per heavy atom. The first-order valence-corrected chi connectivity index (χ1v) is 11.8. The van der Waals surface area contributed by atoms with Crippen molar-refractivity contribution in [2.24, 2.45) is 0 Å². The maximum Gasteiger partial charge on any atom is 0.290 e. The van der Waals surface area contributed by atoms with E-state index in [1.165, 1.54) is 0 Å². The lowest BCUT2D eigenvalue weighted by atomic mass is 9.97. The Kier molecular flexibility index (Phi) is 5.99. The SMILES string of the molecule is Cc1cc2oc3c(c(=O)c2cc1C)[C@@H](c1ccc(Cl)cc1)N(CCCN1CCOCC1)C3=O. The number of rotatable bonds is 5. The highest BCUT2D eigenvalue weighted by molar-refractivity contribution is 6.30. The zero-order valence-corrected chi connectivity index (χ0v) is 19.7. The molecule has 2 aliphatic rings. The smallest absolute Gasteiger partial charge is 0.290 e. The van der Waals surface area contributed by atoms with Gasteiger partial charge in [0, 0.05) is 31.2 Å². The van der Waals surface area contributed by atoms with Gasteiger partial charge in [-0.1, -0.05) is 23.7 Å². The average Bonchev–Trinajstić information content (AvgIpc) is 3.09. The number of carbonyl (C=O) groups is 1. The number of fused-ring (bicyclic) bond motifs is 2. The van der Waals surface area contributed by atoms with E-state index in [0.29, 0.717) is 28.1 Å². The van der Waals surface area contributed by atoms with Crippen LogP contribution >= 0.6 is 11.6 Å². The number of nitrogens with zero attached hydrogens (tertiary/aromatic N) is 2. The van der Waals surface area contributed by atoms with Crippen molar-refractivity contribution >= 4 is 28.5 Å². The van der Waals surface area contributed by atoms with Crippen molar-refractivity contribution in [3.05, 3.63) is 79.7 Å². The predicted octanol–water partition coefficient (Wildman–Crippen LogP) is 4.33. The highest BCUT2D eigenvalue weighted by Gasteiger charge is 2.42. The summed E-state index contributed by atoms with van der Waals surface area (Å²) < 4.78 is 11.5. The van der Waals surface area contributed by atoms with Gasteiger partial charge in [-0.05, 0) is 61.2 Å². The Morgan fingerprint density at radius 2 is 1.70 bits per heavy atom. The minimum Gasteiger partial charge on any atom is -0.450 e. The minimum atomic E-state index is -0.489. The van der Waals surface area contributed by atoms with Crippen molar-refractivity contribution in [1.29, 1.82) is 0 Å². The number of amides is 1. The Balaban J connectivity index is 1.55. The Hall–Kier alpha value is -2.67. The number of ether oxygens (including phenoxy) is 1. The van der Waals surface area contributed by atoms with E-state index in [9.17, 15) is 9.59 Å². The van der Waals surface area contributed by atoms with Crippen molar-refractivity contribution in [1.82, 2.24) is 9.80 Å². The monoisotopic (exact) mass is 466 g/mol. The molecular weight excluding hydrogens is 440 g/mol. The van der Waals surface area contributed by atoms with E-state index < -0.39 is 6.04 Å². The van der Waals surface area contributed by atoms with E-state index >= 15 is 0 Å². The fourth-order valence-electron chi connectivity index (χ4n) is 4.79. The third kappa shape index (κ3) is 4.07. The van der Waals surface area contributed by atoms with Crippen LogP contribution < -0.4 is 5.43 Å². The third-order valence-electron chi connectivity index (χ3n) is 6.74. The van der Waals surface area contributed by atoms with E-state index in [4.69, 9.17) is 20.8 Å². The molecule has 0 bridgehead atoms. The van der Waals surface area contributed by atoms with Gasteiger partial charge in [-0.15, -0.1) is 0 Å². The summed E-state index contributed by atoms with van der Waals surface area (Å²) in [5.74, 6) is -0.0776. The maximum atomic E-state index is 13.7. The second-order valence-corrected chi connectivity index (χ2v) is 9.30. The molecule has 1 atom stereocenters. The molecule has 33 heavy (non-hydrogen) atoms. The van der Waals surface area contributed by atoms with Crippen LogP contribution in [0.3, 0.4) is 0 Å². The first-order valence-electron chi connectivity index (χ1n) is 11.4. The summed E-state index contributed by atoms with van der Waals surface area (Å²) in [6.45, 7) is 8.63. The number of halogens is 1. The quantitative estimate of drug-likeness (QED) is 0.560. The molecule has 0 radical (unpaired) electrons. The highest BCUT2D eigenvalue weighted by Crippen LogP contribution is 2.38. The van der Waals surface area contributed by atoms with Gasteiger partial charge in [0.2, 0.25) is 5.76 Å². The fourth-order valence-corrected chi connectivity index (χ4v) is 4.91. The highest BCUT2D eigenvalue weighted by atomic mass is 35.5. The molecule has 1 amide bonds. The number of hydrogen-bond acceptors (Lipinski definition) is 5. The molecule has 172 valence electrons. The van der Waals surface area contributed by atoms with Gasteiger partial charge in [0.15, 0.2) is 5.43 Å². The van der Waals surface area contributed by atoms with Crippen LogP contribution in [-0.2, 0) is 4.74 Å². The van der Waals surface area contributed by atoms with Crippen LogP contribution in [0, 0.1) is 13.8 Å². The summed E-state index contributed by atoms with van der Waals surface area (Å²) in [7, 11) is 0. The second kappa shape index (κ2) is 8.93. The number of aryl methyl sites for hydroxylation is 2. The van der Waals surface area contributed by atoms with E-state index in [2.05, 4.69) is 4.90 Å². The fraction of sp³-hybridized carbons (Fsp3) is 0.385. The van der Waals surface area contributed by atoms with E-state index in [0.717, 1.165) is 56.0 Å². The molecule has 0 aliphatic carbocycles. The van der Waals surface area contributed by atoms with Crippen LogP contribution in [-0.4, -0.2) is 55.1 Å². The number of morpholine rings is 1. The van der Waals surface area contributed by atoms with E-state index in [1.54, 1.807) is 17.0 Å². The molecule has 1 fully saturated rings. The van der Waals surface area contributed by atoms with Crippen molar-refractivity contribution in [2.45, 2.75) is 26.3 Å². The Bertz CT molecular complexity index is 1260. The standard InChI is InChI=1S/C26H27ClN2O4/c1-16-14-20-21(15-17(16)2)33-25-22(24(20)30)23(18-4-6-19(27)7-5-18)29(26(25)31)9-3-8-28-10-12-32-13-11-28/h4-7,14-15,23H,3,8-13H2,1-2H3/t23-/m1/s1. The van der Waals surface area contributed by atoms with Gasteiger partial charge in [0.1, 0.15) is 5.58 Å². The molecule has 7 heteroatoms. The van der Waals surface area contributed by atoms with Gasteiger partial charge in [-0.25, -0.2) is 0 Å². The molecular formula is C26H27ClN2O4. The van der Waals surface area contributed by atoms with Gasteiger partial charge >= 0.3 is 0 Å². The van der Waals surface area contributed by atoms with Crippen LogP contribution in [0.2, 0.25) is 5.02 Å². The summed E-state index contributed by atoms with van der Waals surface area (Å²) in [6.07, 6.45) is 0.801. The van der Waals surface area contributed by atoms with Gasteiger partial charge in [-0.2, -0.15) is 0 Å². The van der Waals surface area contributed by atoms with Crippen LogP contribution in [0.1, 0.15) is 45.3 Å². The molecule has 3 aromatic rings. The predicted molar refractivity (Wildman–Crippen MR) is 128 cm³/mol. The second-order valence-electron chi connectivity index (χ2n) is 8.87. The molecule has 3 heterocycles. The first kappa shape index (κ1) is 22.1. The topological polar surface area (TPSA) is 63.0 Å². The molecule has 1 aromatic heterocycles. The summed E-state index contributed by atoms with van der Waals surface area (Å²) in [5.41, 5.74) is 3.63. The third-order valence-corrected chi connectivity index (χ3v) is 7.00. The normalized spacial score (nSPS) is 18.8. The van der Waals surface area contributed by atoms with Crippen molar-refractivity contribution in [3.8, 4) is 0 Å². The summed E-state index contributed by atoms with van der Waals surface area (Å²) in [4.78, 5) is 31.3. The molecule has 6 nitrogen and oxygen atoms in total. The summed E-state index contributed by atoms with van der Waals surface area (Å²) in [5, 5.41) is 1.12. The number of carbonyl (C=O) groups excluding carboxylic acids is 1. The minimum absolute atomic E-state index is 0.140. The Labute approximate surface area is 197 Å². The molecule has 0 N–H and O–H groups in total. The van der Waals surface area contributed by atoms with Crippen molar-refractivity contribution in [2.75, 3.05) is 39.4 Å². The molecule has 0 spiro atoms. The van der Waals surface area contributed by atoms with Crippen LogP contribution in [0.5, 0.6) is 0 Å². The molecule has 5 rings (SSSR count). The number of hydrogen-bond donors (Lipinski definition) is 0. The van der Waals surface area contributed by atoms with Crippen LogP contribution in [0.25, 0.3) is 11.0 Å². The summed E-state index contributed by atoms with van der Waals surface area (Å²) >= 11 is 6.12. The van der Waals surface area contributed by atoms with E-state index in [1.807, 2.05) is 38.1 Å². The van der Waals surface area contributed by atoms with Crippen molar-refractivity contribution < 1.29 is 13.9 Å². The zero-order chi connectivity index (χ0) is 23.1. The zero-order valence-electron chi connectivity index (χ0n) is 18.9. The lowest BCUT2D eigenvalue weighted by molar-refractivity contribution is 0.0353.